The molecule has 0 aromatic heterocycles. The molecule has 0 bridgehead atoms. The maximum absolute atomic E-state index is 13.7. The maximum Gasteiger partial charge on any atom is 0.279 e. The third-order valence-electron chi connectivity index (χ3n) is 3.62. The van der Waals surface area contributed by atoms with Crippen LogP contribution in [0.5, 0.6) is 11.5 Å². The summed E-state index contributed by atoms with van der Waals surface area (Å²) in [4.78, 5) is 13.1. The van der Waals surface area contributed by atoms with Gasteiger partial charge in [0, 0.05) is 11.3 Å². The van der Waals surface area contributed by atoms with Gasteiger partial charge in [0.05, 0.1) is 26.3 Å². The number of hydrogen-bond acceptors (Lipinski definition) is 3. The quantitative estimate of drug-likeness (QED) is 0.788. The van der Waals surface area contributed by atoms with E-state index in [0.29, 0.717) is 23.0 Å². The Hall–Kier alpha value is -2.31. The molecule has 0 fully saturated rings. The number of amides is 1. The van der Waals surface area contributed by atoms with E-state index < -0.39 is 5.82 Å². The number of quaternary nitrogens is 1. The van der Waals surface area contributed by atoms with Crippen molar-refractivity contribution in [3.63, 3.8) is 0 Å². The molecule has 7 heteroatoms. The van der Waals surface area contributed by atoms with Crippen LogP contribution in [0, 0.1) is 5.82 Å². The number of anilines is 1. The summed E-state index contributed by atoms with van der Waals surface area (Å²) in [6.45, 7) is 0.745. The minimum atomic E-state index is -0.412. The van der Waals surface area contributed by atoms with Gasteiger partial charge in [0.1, 0.15) is 12.3 Å². The number of methoxy groups -OCH3 is 2. The molecule has 134 valence electrons. The fraction of sp³-hybridized carbons (Fsp3) is 0.278. The highest BCUT2D eigenvalue weighted by Gasteiger charge is 2.13. The van der Waals surface area contributed by atoms with Crippen LogP contribution < -0.4 is 19.7 Å². The Morgan fingerprint density at radius 3 is 2.44 bits per heavy atom. The zero-order valence-corrected chi connectivity index (χ0v) is 15.1. The SMILES string of the molecule is COc1ccc(C[NH+](C)CC(=O)Nc2ccc(OC)c(Cl)c2)cc1F. The molecular formula is C18H21ClFN2O3+. The molecule has 2 aromatic rings. The van der Waals surface area contributed by atoms with Crippen LogP contribution in [-0.4, -0.2) is 33.7 Å². The first-order valence-electron chi connectivity index (χ1n) is 7.70. The van der Waals surface area contributed by atoms with Gasteiger partial charge in [-0.25, -0.2) is 4.39 Å². The Bertz CT molecular complexity index is 755. The second-order valence-electron chi connectivity index (χ2n) is 5.68. The van der Waals surface area contributed by atoms with E-state index in [2.05, 4.69) is 5.32 Å². The van der Waals surface area contributed by atoms with Gasteiger partial charge in [-0.3, -0.25) is 4.79 Å². The predicted molar refractivity (Wildman–Crippen MR) is 95.0 cm³/mol. The van der Waals surface area contributed by atoms with Crippen molar-refractivity contribution >= 4 is 23.2 Å². The first kappa shape index (κ1) is 19.0. The van der Waals surface area contributed by atoms with Crippen LogP contribution in [0.2, 0.25) is 5.02 Å². The molecule has 1 atom stereocenters. The average molecular weight is 368 g/mol. The monoisotopic (exact) mass is 367 g/mol. The Balaban J connectivity index is 1.91. The first-order chi connectivity index (χ1) is 11.9. The zero-order chi connectivity index (χ0) is 18.4. The summed E-state index contributed by atoms with van der Waals surface area (Å²) >= 11 is 6.04. The minimum Gasteiger partial charge on any atom is -0.495 e. The second-order valence-corrected chi connectivity index (χ2v) is 6.08. The van der Waals surface area contributed by atoms with Crippen LogP contribution in [0.4, 0.5) is 10.1 Å². The van der Waals surface area contributed by atoms with Gasteiger partial charge in [0.15, 0.2) is 18.1 Å². The number of rotatable bonds is 7. The molecule has 2 aromatic carbocycles. The van der Waals surface area contributed by atoms with Crippen molar-refractivity contribution in [1.29, 1.82) is 0 Å². The molecule has 0 aliphatic carbocycles. The molecule has 1 amide bonds. The summed E-state index contributed by atoms with van der Waals surface area (Å²) in [6, 6.07) is 9.82. The molecular weight excluding hydrogens is 347 g/mol. The largest absolute Gasteiger partial charge is 0.495 e. The molecule has 0 saturated carbocycles. The lowest BCUT2D eigenvalue weighted by Crippen LogP contribution is -3.08. The molecule has 1 unspecified atom stereocenters. The number of benzene rings is 2. The standard InChI is InChI=1S/C18H20ClFN2O3/c1-22(10-12-4-6-17(25-3)15(20)8-12)11-18(23)21-13-5-7-16(24-2)14(19)9-13/h4-9H,10-11H2,1-3H3,(H,21,23)/p+1. The summed E-state index contributed by atoms with van der Waals surface area (Å²) < 4.78 is 23.7. The normalized spacial score (nSPS) is 11.7. The Labute approximate surface area is 151 Å². The van der Waals surface area contributed by atoms with E-state index in [1.54, 1.807) is 30.3 Å². The van der Waals surface area contributed by atoms with Crippen molar-refractivity contribution in [2.75, 3.05) is 33.1 Å². The molecule has 0 aliphatic rings. The number of hydrogen-bond donors (Lipinski definition) is 2. The third-order valence-corrected chi connectivity index (χ3v) is 3.92. The fourth-order valence-electron chi connectivity index (χ4n) is 2.45. The van der Waals surface area contributed by atoms with Crippen molar-refractivity contribution in [2.45, 2.75) is 6.54 Å². The van der Waals surface area contributed by atoms with E-state index in [4.69, 9.17) is 21.1 Å². The van der Waals surface area contributed by atoms with E-state index in [9.17, 15) is 9.18 Å². The lowest BCUT2D eigenvalue weighted by atomic mass is 10.2. The van der Waals surface area contributed by atoms with E-state index in [-0.39, 0.29) is 18.2 Å². The van der Waals surface area contributed by atoms with E-state index in [0.717, 1.165) is 10.5 Å². The second kappa shape index (κ2) is 8.69. The molecule has 0 aliphatic heterocycles. The molecule has 0 saturated heterocycles. The van der Waals surface area contributed by atoms with Gasteiger partial charge in [-0.05, 0) is 36.4 Å². The lowest BCUT2D eigenvalue weighted by molar-refractivity contribution is -0.885. The average Bonchev–Trinajstić information content (AvgIpc) is 2.55. The highest BCUT2D eigenvalue weighted by atomic mass is 35.5. The third kappa shape index (κ3) is 5.34. The summed E-state index contributed by atoms with van der Waals surface area (Å²) in [5.41, 5.74) is 1.38. The molecule has 0 radical (unpaired) electrons. The number of carbonyl (C=O) groups excluding carboxylic acids is 1. The Morgan fingerprint density at radius 2 is 1.84 bits per heavy atom. The number of ether oxygens (including phenoxy) is 2. The van der Waals surface area contributed by atoms with Gasteiger partial charge in [0.25, 0.3) is 5.91 Å². The molecule has 5 nitrogen and oxygen atoms in total. The van der Waals surface area contributed by atoms with Crippen LogP contribution in [0.25, 0.3) is 0 Å². The summed E-state index contributed by atoms with van der Waals surface area (Å²) in [5.74, 6) is 0.178. The van der Waals surface area contributed by atoms with Crippen LogP contribution in [0.3, 0.4) is 0 Å². The summed E-state index contributed by atoms with van der Waals surface area (Å²) in [7, 11) is 4.81. The number of likely N-dealkylation sites (N-methyl/N-ethyl adjacent to an activating group) is 1. The van der Waals surface area contributed by atoms with Crippen LogP contribution in [0.1, 0.15) is 5.56 Å². The summed E-state index contributed by atoms with van der Waals surface area (Å²) in [6.07, 6.45) is 0. The van der Waals surface area contributed by atoms with Crippen LogP contribution in [-0.2, 0) is 11.3 Å². The number of carbonyl (C=O) groups is 1. The van der Waals surface area contributed by atoms with E-state index >= 15 is 0 Å². The molecule has 25 heavy (non-hydrogen) atoms. The van der Waals surface area contributed by atoms with Gasteiger partial charge >= 0.3 is 0 Å². The van der Waals surface area contributed by atoms with Gasteiger partial charge in [-0.15, -0.1) is 0 Å². The smallest absolute Gasteiger partial charge is 0.279 e. The highest BCUT2D eigenvalue weighted by Crippen LogP contribution is 2.27. The lowest BCUT2D eigenvalue weighted by Gasteiger charge is -2.15. The van der Waals surface area contributed by atoms with Crippen molar-refractivity contribution in [1.82, 2.24) is 0 Å². The zero-order valence-electron chi connectivity index (χ0n) is 14.4. The molecule has 2 N–H and O–H groups in total. The number of halogens is 2. The Kier molecular flexibility index (Phi) is 6.61. The minimum absolute atomic E-state index is 0.160. The Morgan fingerprint density at radius 1 is 1.16 bits per heavy atom. The number of nitrogens with one attached hydrogen (secondary N) is 2. The van der Waals surface area contributed by atoms with Gasteiger partial charge in [0.2, 0.25) is 0 Å². The van der Waals surface area contributed by atoms with Crippen molar-refractivity contribution < 1.29 is 23.6 Å². The van der Waals surface area contributed by atoms with Gasteiger partial charge in [-0.1, -0.05) is 11.6 Å². The maximum atomic E-state index is 13.7. The van der Waals surface area contributed by atoms with Gasteiger partial charge < -0.3 is 19.7 Å². The molecule has 2 rings (SSSR count). The van der Waals surface area contributed by atoms with E-state index in [1.165, 1.54) is 20.3 Å². The summed E-state index contributed by atoms with van der Waals surface area (Å²) in [5, 5.41) is 3.21. The van der Waals surface area contributed by atoms with Crippen molar-refractivity contribution in [3.8, 4) is 11.5 Å². The molecule has 0 spiro atoms. The van der Waals surface area contributed by atoms with E-state index in [1.807, 2.05) is 7.05 Å². The fourth-order valence-corrected chi connectivity index (χ4v) is 2.71. The van der Waals surface area contributed by atoms with Gasteiger partial charge in [-0.2, -0.15) is 0 Å². The van der Waals surface area contributed by atoms with Crippen LogP contribution in [0.15, 0.2) is 36.4 Å². The van der Waals surface area contributed by atoms with Crippen molar-refractivity contribution in [3.05, 3.63) is 52.8 Å². The predicted octanol–water partition coefficient (Wildman–Crippen LogP) is 2.15. The topological polar surface area (TPSA) is 52.0 Å². The van der Waals surface area contributed by atoms with Crippen LogP contribution >= 0.6 is 11.6 Å². The van der Waals surface area contributed by atoms with Crippen molar-refractivity contribution in [2.24, 2.45) is 0 Å². The molecule has 0 heterocycles. The highest BCUT2D eigenvalue weighted by molar-refractivity contribution is 6.32. The first-order valence-corrected chi connectivity index (χ1v) is 8.08.